The van der Waals surface area contributed by atoms with Gasteiger partial charge in [0.25, 0.3) is 5.91 Å². The Morgan fingerprint density at radius 1 is 0.875 bits per heavy atom. The number of rotatable bonds is 4. The molecule has 1 N–H and O–H groups in total. The zero-order valence-corrected chi connectivity index (χ0v) is 18.2. The first-order valence-electron chi connectivity index (χ1n) is 10.1. The number of oxazole rings is 1. The molecule has 0 aliphatic carbocycles. The number of furan rings is 1. The molecule has 158 valence electrons. The molecule has 0 bridgehead atoms. The second kappa shape index (κ2) is 8.02. The number of nitrogens with zero attached hydrogens (tertiary/aromatic N) is 1. The highest BCUT2D eigenvalue weighted by atomic mass is 35.5. The van der Waals surface area contributed by atoms with Crippen LogP contribution in [0.1, 0.15) is 21.7 Å². The molecular formula is C26H19ClN2O3. The smallest absolute Gasteiger partial charge is 0.291 e. The van der Waals surface area contributed by atoms with Crippen molar-refractivity contribution in [2.24, 2.45) is 0 Å². The number of fused-ring (bicyclic) bond motifs is 1. The van der Waals surface area contributed by atoms with Crippen molar-refractivity contribution in [2.75, 3.05) is 5.32 Å². The van der Waals surface area contributed by atoms with Crippen LogP contribution in [0.3, 0.4) is 0 Å². The van der Waals surface area contributed by atoms with E-state index < -0.39 is 5.91 Å². The van der Waals surface area contributed by atoms with Crippen LogP contribution in [-0.2, 0) is 0 Å². The summed E-state index contributed by atoms with van der Waals surface area (Å²) in [5.74, 6) is 0.885. The summed E-state index contributed by atoms with van der Waals surface area (Å²) in [5, 5.41) is 3.22. The second-order valence-corrected chi connectivity index (χ2v) is 8.01. The predicted octanol–water partition coefficient (Wildman–Crippen LogP) is 7.28. The molecule has 5 rings (SSSR count). The van der Waals surface area contributed by atoms with Crippen molar-refractivity contribution in [3.63, 3.8) is 0 Å². The molecule has 0 atom stereocenters. The number of aromatic nitrogens is 1. The maximum absolute atomic E-state index is 12.8. The van der Waals surface area contributed by atoms with Crippen LogP contribution in [0.15, 0.2) is 81.6 Å². The zero-order chi connectivity index (χ0) is 22.2. The zero-order valence-electron chi connectivity index (χ0n) is 17.5. The molecule has 0 aliphatic rings. The Bertz CT molecular complexity index is 1430. The summed E-state index contributed by atoms with van der Waals surface area (Å²) in [6.07, 6.45) is 0. The topological polar surface area (TPSA) is 68.3 Å². The Labute approximate surface area is 189 Å². The van der Waals surface area contributed by atoms with Gasteiger partial charge in [0.15, 0.2) is 11.3 Å². The van der Waals surface area contributed by atoms with E-state index in [9.17, 15) is 4.79 Å². The van der Waals surface area contributed by atoms with Crippen molar-refractivity contribution in [1.29, 1.82) is 0 Å². The third-order valence-corrected chi connectivity index (χ3v) is 5.71. The molecule has 0 saturated heterocycles. The van der Waals surface area contributed by atoms with Crippen molar-refractivity contribution >= 4 is 34.3 Å². The fraction of sp³-hybridized carbons (Fsp3) is 0.0769. The maximum atomic E-state index is 12.8. The van der Waals surface area contributed by atoms with Crippen LogP contribution in [0.2, 0.25) is 5.02 Å². The van der Waals surface area contributed by atoms with Gasteiger partial charge in [0.1, 0.15) is 11.3 Å². The fourth-order valence-electron chi connectivity index (χ4n) is 3.44. The average molecular weight is 443 g/mol. The van der Waals surface area contributed by atoms with Gasteiger partial charge in [0, 0.05) is 11.1 Å². The molecule has 0 saturated carbocycles. The van der Waals surface area contributed by atoms with E-state index in [1.807, 2.05) is 49.4 Å². The molecule has 0 spiro atoms. The van der Waals surface area contributed by atoms with Crippen LogP contribution >= 0.6 is 11.6 Å². The molecule has 0 unspecified atom stereocenters. The molecular weight excluding hydrogens is 424 g/mol. The first-order chi connectivity index (χ1) is 15.5. The van der Waals surface area contributed by atoms with E-state index >= 15 is 0 Å². The molecule has 1 amide bonds. The number of benzene rings is 3. The van der Waals surface area contributed by atoms with E-state index in [0.29, 0.717) is 33.5 Å². The highest BCUT2D eigenvalue weighted by Crippen LogP contribution is 2.31. The minimum atomic E-state index is -0.392. The van der Waals surface area contributed by atoms with E-state index in [2.05, 4.69) is 17.2 Å². The second-order valence-electron chi connectivity index (χ2n) is 7.60. The lowest BCUT2D eigenvalue weighted by Gasteiger charge is -2.07. The Morgan fingerprint density at radius 2 is 1.69 bits per heavy atom. The summed E-state index contributed by atoms with van der Waals surface area (Å²) in [5.41, 5.74) is 5.88. The Hall–Kier alpha value is -3.83. The fourth-order valence-corrected chi connectivity index (χ4v) is 3.61. The van der Waals surface area contributed by atoms with Crippen molar-refractivity contribution in [3.05, 3.63) is 94.7 Å². The molecule has 2 aromatic heterocycles. The van der Waals surface area contributed by atoms with E-state index in [-0.39, 0.29) is 5.76 Å². The first-order valence-corrected chi connectivity index (χ1v) is 10.5. The summed E-state index contributed by atoms with van der Waals surface area (Å²) >= 11 is 6.33. The number of nitrogens with one attached hydrogen (secondary N) is 1. The summed E-state index contributed by atoms with van der Waals surface area (Å²) in [6.45, 7) is 4.10. The standard InChI is InChI=1S/C26H19ClN2O3/c1-15-7-8-17(13-16(15)2)22-11-12-24(31-22)25(30)28-21-14-18(9-10-19(21)27)26-29-20-5-3-4-6-23(20)32-26/h3-14H,1-2H3,(H,28,30). The highest BCUT2D eigenvalue weighted by Gasteiger charge is 2.16. The number of carbonyl (C=O) groups is 1. The number of halogens is 1. The monoisotopic (exact) mass is 442 g/mol. The van der Waals surface area contributed by atoms with Gasteiger partial charge in [-0.05, 0) is 73.5 Å². The first kappa shape index (κ1) is 20.1. The molecule has 0 aliphatic heterocycles. The van der Waals surface area contributed by atoms with Gasteiger partial charge in [-0.3, -0.25) is 4.79 Å². The summed E-state index contributed by atoms with van der Waals surface area (Å²) in [4.78, 5) is 17.3. The van der Waals surface area contributed by atoms with Crippen LogP contribution in [0.4, 0.5) is 5.69 Å². The Kier molecular flexibility index (Phi) is 5.04. The van der Waals surface area contributed by atoms with Crippen molar-refractivity contribution in [3.8, 4) is 22.8 Å². The maximum Gasteiger partial charge on any atom is 0.291 e. The number of para-hydroxylation sites is 2. The SMILES string of the molecule is Cc1ccc(-c2ccc(C(=O)Nc3cc(-c4nc5ccccc5o4)ccc3Cl)o2)cc1C. The van der Waals surface area contributed by atoms with Gasteiger partial charge in [0.2, 0.25) is 5.89 Å². The minimum absolute atomic E-state index is 0.196. The van der Waals surface area contributed by atoms with Gasteiger partial charge < -0.3 is 14.2 Å². The van der Waals surface area contributed by atoms with Crippen LogP contribution in [-0.4, -0.2) is 10.9 Å². The number of hydrogen-bond acceptors (Lipinski definition) is 4. The van der Waals surface area contributed by atoms with Gasteiger partial charge in [-0.25, -0.2) is 4.98 Å². The number of anilines is 1. The number of hydrogen-bond donors (Lipinski definition) is 1. The van der Waals surface area contributed by atoms with E-state index in [1.54, 1.807) is 30.3 Å². The van der Waals surface area contributed by atoms with Gasteiger partial charge in [-0.2, -0.15) is 0 Å². The third-order valence-electron chi connectivity index (χ3n) is 5.38. The molecule has 0 radical (unpaired) electrons. The average Bonchev–Trinajstić information content (AvgIpc) is 3.44. The minimum Gasteiger partial charge on any atom is -0.451 e. The lowest BCUT2D eigenvalue weighted by atomic mass is 10.1. The van der Waals surface area contributed by atoms with Crippen LogP contribution in [0, 0.1) is 13.8 Å². The normalized spacial score (nSPS) is 11.1. The van der Waals surface area contributed by atoms with Gasteiger partial charge in [-0.15, -0.1) is 0 Å². The van der Waals surface area contributed by atoms with Crippen LogP contribution in [0.25, 0.3) is 33.9 Å². The summed E-state index contributed by atoms with van der Waals surface area (Å²) in [6, 6.07) is 22.2. The number of carbonyl (C=O) groups excluding carboxylic acids is 1. The Morgan fingerprint density at radius 3 is 2.50 bits per heavy atom. The van der Waals surface area contributed by atoms with Crippen molar-refractivity contribution < 1.29 is 13.6 Å². The summed E-state index contributed by atoms with van der Waals surface area (Å²) in [7, 11) is 0. The number of aryl methyl sites for hydroxylation is 2. The summed E-state index contributed by atoms with van der Waals surface area (Å²) < 4.78 is 11.6. The van der Waals surface area contributed by atoms with Crippen molar-refractivity contribution in [2.45, 2.75) is 13.8 Å². The largest absolute Gasteiger partial charge is 0.451 e. The van der Waals surface area contributed by atoms with Crippen molar-refractivity contribution in [1.82, 2.24) is 4.98 Å². The molecule has 5 nitrogen and oxygen atoms in total. The van der Waals surface area contributed by atoms with Crippen LogP contribution < -0.4 is 5.32 Å². The van der Waals surface area contributed by atoms with E-state index in [4.69, 9.17) is 20.4 Å². The third kappa shape index (κ3) is 3.79. The number of amides is 1. The quantitative estimate of drug-likeness (QED) is 0.317. The lowest BCUT2D eigenvalue weighted by molar-refractivity contribution is 0.0997. The van der Waals surface area contributed by atoms with Crippen LogP contribution in [0.5, 0.6) is 0 Å². The molecule has 6 heteroatoms. The molecule has 5 aromatic rings. The van der Waals surface area contributed by atoms with Gasteiger partial charge >= 0.3 is 0 Å². The highest BCUT2D eigenvalue weighted by molar-refractivity contribution is 6.34. The van der Waals surface area contributed by atoms with Gasteiger partial charge in [-0.1, -0.05) is 35.9 Å². The lowest BCUT2D eigenvalue weighted by Crippen LogP contribution is -2.11. The molecule has 2 heterocycles. The molecule has 0 fully saturated rings. The van der Waals surface area contributed by atoms with Gasteiger partial charge in [0.05, 0.1) is 10.7 Å². The Balaban J connectivity index is 1.40. The molecule has 3 aromatic carbocycles. The van der Waals surface area contributed by atoms with E-state index in [0.717, 1.165) is 16.6 Å². The predicted molar refractivity (Wildman–Crippen MR) is 126 cm³/mol. The van der Waals surface area contributed by atoms with E-state index in [1.165, 1.54) is 5.56 Å². The molecule has 32 heavy (non-hydrogen) atoms.